The third-order valence-corrected chi connectivity index (χ3v) is 2.64. The largest absolute Gasteiger partial charge is 0.480 e. The second-order valence-electron chi connectivity index (χ2n) is 4.05. The number of rotatable bonds is 5. The number of carbonyl (C=O) groups excluding carboxylic acids is 1. The number of aliphatic carboxylic acids is 1. The maximum atomic E-state index is 11.3. The topological polar surface area (TPSA) is 82.2 Å². The number of aromatic amines is 1. The molecule has 2 aromatic rings. The maximum absolute atomic E-state index is 11.3. The molecule has 1 aromatic heterocycles. The summed E-state index contributed by atoms with van der Waals surface area (Å²) in [6, 6.07) is 9.88. The van der Waals surface area contributed by atoms with Crippen LogP contribution in [0.3, 0.4) is 0 Å². The second-order valence-corrected chi connectivity index (χ2v) is 4.05. The lowest BCUT2D eigenvalue weighted by Crippen LogP contribution is -2.29. The second kappa shape index (κ2) is 5.35. The van der Waals surface area contributed by atoms with Crippen molar-refractivity contribution in [3.63, 3.8) is 0 Å². The van der Waals surface area contributed by atoms with Crippen molar-refractivity contribution in [1.29, 1.82) is 0 Å². The van der Waals surface area contributed by atoms with Gasteiger partial charge in [-0.1, -0.05) is 18.2 Å². The summed E-state index contributed by atoms with van der Waals surface area (Å²) in [5, 5.41) is 11.9. The molecular formula is C13H14N2O3. The summed E-state index contributed by atoms with van der Waals surface area (Å²) in [6.07, 6.45) is 0.847. The van der Waals surface area contributed by atoms with E-state index in [9.17, 15) is 9.59 Å². The predicted molar refractivity (Wildman–Crippen MR) is 67.3 cm³/mol. The van der Waals surface area contributed by atoms with Gasteiger partial charge in [0, 0.05) is 17.6 Å². The number of aryl methyl sites for hydroxylation is 1. The van der Waals surface area contributed by atoms with E-state index in [1.165, 1.54) is 0 Å². The van der Waals surface area contributed by atoms with Gasteiger partial charge in [0.15, 0.2) is 0 Å². The number of carboxylic acids is 1. The van der Waals surface area contributed by atoms with Gasteiger partial charge in [0.25, 0.3) is 0 Å². The summed E-state index contributed by atoms with van der Waals surface area (Å²) in [6.45, 7) is -0.328. The Kier molecular flexibility index (Phi) is 3.62. The van der Waals surface area contributed by atoms with Crippen LogP contribution >= 0.6 is 0 Å². The molecule has 0 fully saturated rings. The molecule has 1 heterocycles. The van der Waals surface area contributed by atoms with E-state index >= 15 is 0 Å². The number of nitrogens with one attached hydrogen (secondary N) is 2. The molecule has 2 rings (SSSR count). The molecule has 0 aliphatic rings. The molecule has 0 atom stereocenters. The molecule has 0 aliphatic carbocycles. The Bertz CT molecular complexity index is 541. The van der Waals surface area contributed by atoms with E-state index in [2.05, 4.69) is 10.3 Å². The van der Waals surface area contributed by atoms with Crippen LogP contribution in [0.25, 0.3) is 10.9 Å². The molecule has 0 spiro atoms. The third kappa shape index (κ3) is 3.10. The molecule has 1 aromatic carbocycles. The Hall–Kier alpha value is -2.30. The fourth-order valence-corrected chi connectivity index (χ4v) is 1.78. The lowest BCUT2D eigenvalue weighted by molar-refractivity contribution is -0.137. The number of aromatic nitrogens is 1. The van der Waals surface area contributed by atoms with Gasteiger partial charge in [-0.25, -0.2) is 0 Å². The molecule has 0 unspecified atom stereocenters. The normalized spacial score (nSPS) is 10.4. The van der Waals surface area contributed by atoms with Crippen LogP contribution in [0.2, 0.25) is 0 Å². The Morgan fingerprint density at radius 3 is 2.78 bits per heavy atom. The zero-order chi connectivity index (χ0) is 13.0. The van der Waals surface area contributed by atoms with Gasteiger partial charge in [0.1, 0.15) is 6.54 Å². The number of hydrogen-bond acceptors (Lipinski definition) is 2. The van der Waals surface area contributed by atoms with Crippen molar-refractivity contribution in [1.82, 2.24) is 10.3 Å². The molecule has 0 bridgehead atoms. The number of para-hydroxylation sites is 1. The predicted octanol–water partition coefficient (Wildman–Crippen LogP) is 1.30. The van der Waals surface area contributed by atoms with Gasteiger partial charge in [0.05, 0.1) is 0 Å². The van der Waals surface area contributed by atoms with Gasteiger partial charge in [0.2, 0.25) is 5.91 Å². The number of carbonyl (C=O) groups is 2. The first-order chi connectivity index (χ1) is 8.65. The van der Waals surface area contributed by atoms with Gasteiger partial charge >= 0.3 is 5.97 Å². The minimum Gasteiger partial charge on any atom is -0.480 e. The molecule has 18 heavy (non-hydrogen) atoms. The van der Waals surface area contributed by atoms with Gasteiger partial charge in [-0.15, -0.1) is 0 Å². The van der Waals surface area contributed by atoms with Gasteiger partial charge in [-0.05, 0) is 23.9 Å². The van der Waals surface area contributed by atoms with E-state index in [1.54, 1.807) is 0 Å². The highest BCUT2D eigenvalue weighted by Crippen LogP contribution is 2.15. The van der Waals surface area contributed by atoms with Crippen LogP contribution in [0, 0.1) is 0 Å². The van der Waals surface area contributed by atoms with Crippen molar-refractivity contribution in [3.05, 3.63) is 36.0 Å². The van der Waals surface area contributed by atoms with Crippen molar-refractivity contribution >= 4 is 22.8 Å². The SMILES string of the molecule is O=C(O)CNC(=O)CCc1cc2ccccc2[nH]1. The highest BCUT2D eigenvalue weighted by atomic mass is 16.4. The molecule has 1 amide bonds. The highest BCUT2D eigenvalue weighted by Gasteiger charge is 2.06. The zero-order valence-corrected chi connectivity index (χ0v) is 9.77. The Balaban J connectivity index is 1.90. The van der Waals surface area contributed by atoms with Crippen LogP contribution in [-0.4, -0.2) is 28.5 Å². The van der Waals surface area contributed by atoms with Crippen LogP contribution in [-0.2, 0) is 16.0 Å². The fourth-order valence-electron chi connectivity index (χ4n) is 1.78. The van der Waals surface area contributed by atoms with Crippen molar-refractivity contribution in [2.24, 2.45) is 0 Å². The Labute approximate surface area is 104 Å². The minimum atomic E-state index is -1.03. The first-order valence-corrected chi connectivity index (χ1v) is 5.70. The Morgan fingerprint density at radius 1 is 1.28 bits per heavy atom. The molecule has 0 saturated carbocycles. The average molecular weight is 246 g/mol. The van der Waals surface area contributed by atoms with E-state index < -0.39 is 5.97 Å². The van der Waals surface area contributed by atoms with Crippen molar-refractivity contribution in [2.75, 3.05) is 6.54 Å². The van der Waals surface area contributed by atoms with Crippen LogP contribution < -0.4 is 5.32 Å². The molecule has 5 heteroatoms. The number of benzene rings is 1. The summed E-state index contributed by atoms with van der Waals surface area (Å²) < 4.78 is 0. The minimum absolute atomic E-state index is 0.254. The lowest BCUT2D eigenvalue weighted by atomic mass is 10.2. The molecule has 94 valence electrons. The number of hydrogen-bond donors (Lipinski definition) is 3. The number of carboxylic acid groups (broad SMARTS) is 1. The average Bonchev–Trinajstić information content (AvgIpc) is 2.76. The molecule has 0 saturated heterocycles. The van der Waals surface area contributed by atoms with E-state index in [0.717, 1.165) is 16.6 Å². The monoisotopic (exact) mass is 246 g/mol. The summed E-state index contributed by atoms with van der Waals surface area (Å²) in [7, 11) is 0. The van der Waals surface area contributed by atoms with Crippen molar-refractivity contribution in [2.45, 2.75) is 12.8 Å². The van der Waals surface area contributed by atoms with Gasteiger partial charge < -0.3 is 15.4 Å². The summed E-state index contributed by atoms with van der Waals surface area (Å²) in [4.78, 5) is 24.8. The summed E-state index contributed by atoms with van der Waals surface area (Å²) in [5.41, 5.74) is 2.01. The van der Waals surface area contributed by atoms with E-state index in [0.29, 0.717) is 6.42 Å². The van der Waals surface area contributed by atoms with Crippen LogP contribution in [0.15, 0.2) is 30.3 Å². The van der Waals surface area contributed by atoms with Crippen LogP contribution in [0.1, 0.15) is 12.1 Å². The first kappa shape index (κ1) is 12.2. The highest BCUT2D eigenvalue weighted by molar-refractivity contribution is 5.82. The molecular weight excluding hydrogens is 232 g/mol. The number of H-pyrrole nitrogens is 1. The molecule has 3 N–H and O–H groups in total. The molecule has 5 nitrogen and oxygen atoms in total. The van der Waals surface area contributed by atoms with Crippen molar-refractivity contribution < 1.29 is 14.7 Å². The van der Waals surface area contributed by atoms with Gasteiger partial charge in [-0.2, -0.15) is 0 Å². The summed E-state index contributed by atoms with van der Waals surface area (Å²) >= 11 is 0. The first-order valence-electron chi connectivity index (χ1n) is 5.70. The van der Waals surface area contributed by atoms with Gasteiger partial charge in [-0.3, -0.25) is 9.59 Å². The van der Waals surface area contributed by atoms with E-state index in [4.69, 9.17) is 5.11 Å². The smallest absolute Gasteiger partial charge is 0.322 e. The molecule has 0 aliphatic heterocycles. The van der Waals surface area contributed by atoms with Crippen LogP contribution in [0.5, 0.6) is 0 Å². The quantitative estimate of drug-likeness (QED) is 0.743. The van der Waals surface area contributed by atoms with Crippen molar-refractivity contribution in [3.8, 4) is 0 Å². The fraction of sp³-hybridized carbons (Fsp3) is 0.231. The van der Waals surface area contributed by atoms with E-state index in [1.807, 2.05) is 30.3 Å². The standard InChI is InChI=1S/C13H14N2O3/c16-12(14-8-13(17)18)6-5-10-7-9-3-1-2-4-11(9)15-10/h1-4,7,15H,5-6,8H2,(H,14,16)(H,17,18). The third-order valence-electron chi connectivity index (χ3n) is 2.64. The molecule has 0 radical (unpaired) electrons. The lowest BCUT2D eigenvalue weighted by Gasteiger charge is -2.00. The summed E-state index contributed by atoms with van der Waals surface area (Å²) in [5.74, 6) is -1.29. The maximum Gasteiger partial charge on any atom is 0.322 e. The Morgan fingerprint density at radius 2 is 2.06 bits per heavy atom. The zero-order valence-electron chi connectivity index (χ0n) is 9.77. The number of fused-ring (bicyclic) bond motifs is 1. The van der Waals surface area contributed by atoms with Crippen LogP contribution in [0.4, 0.5) is 0 Å². The van der Waals surface area contributed by atoms with E-state index in [-0.39, 0.29) is 18.9 Å². The number of amides is 1.